The van der Waals surface area contributed by atoms with Gasteiger partial charge < -0.3 is 29.8 Å². The minimum Gasteiger partial charge on any atom is -0.619 e. The highest BCUT2D eigenvalue weighted by Crippen LogP contribution is 2.35. The molecule has 0 aliphatic heterocycles. The van der Waals surface area contributed by atoms with E-state index in [0.29, 0.717) is 39.5 Å². The lowest BCUT2D eigenvalue weighted by molar-refractivity contribution is -0.605. The van der Waals surface area contributed by atoms with Crippen LogP contribution in [-0.2, 0) is 17.7 Å². The van der Waals surface area contributed by atoms with Gasteiger partial charge in [0.05, 0.1) is 19.8 Å². The number of ether oxygens (including phenoxy) is 3. The number of phenols is 1. The summed E-state index contributed by atoms with van der Waals surface area (Å²) < 4.78 is 17.3. The predicted octanol–water partition coefficient (Wildman–Crippen LogP) is 6.10. The van der Waals surface area contributed by atoms with Crippen molar-refractivity contribution in [2.75, 3.05) is 19.5 Å². The molecule has 1 heterocycles. The first-order valence-corrected chi connectivity index (χ1v) is 12.6. The number of carbonyl (C=O) groups excluding carboxylic acids is 1. The highest BCUT2D eigenvalue weighted by molar-refractivity contribution is 6.35. The molecule has 0 bridgehead atoms. The van der Waals surface area contributed by atoms with E-state index in [-0.39, 0.29) is 22.2 Å². The molecular formula is C29H26Cl2N2O6. The lowest BCUT2D eigenvalue weighted by Gasteiger charge is -2.21. The van der Waals surface area contributed by atoms with Gasteiger partial charge in [-0.1, -0.05) is 47.5 Å². The minimum atomic E-state index is -0.816. The van der Waals surface area contributed by atoms with Gasteiger partial charge in [0.25, 0.3) is 0 Å². The molecule has 0 amide bonds. The van der Waals surface area contributed by atoms with E-state index >= 15 is 0 Å². The maximum atomic E-state index is 13.3. The van der Waals surface area contributed by atoms with E-state index in [1.54, 1.807) is 54.6 Å². The average Bonchev–Trinajstić information content (AvgIpc) is 2.92. The molecule has 0 radical (unpaired) electrons. The van der Waals surface area contributed by atoms with Crippen molar-refractivity contribution in [2.24, 2.45) is 0 Å². The Kier molecular flexibility index (Phi) is 9.01. The fourth-order valence-electron chi connectivity index (χ4n) is 4.02. The van der Waals surface area contributed by atoms with Gasteiger partial charge in [-0.25, -0.2) is 4.79 Å². The number of hydrogen-bond acceptors (Lipinski definition) is 7. The third kappa shape index (κ3) is 7.04. The van der Waals surface area contributed by atoms with Crippen molar-refractivity contribution in [3.63, 3.8) is 0 Å². The van der Waals surface area contributed by atoms with Crippen molar-refractivity contribution < 1.29 is 28.8 Å². The minimum absolute atomic E-state index is 0.110. The molecule has 0 saturated heterocycles. The van der Waals surface area contributed by atoms with Crippen LogP contribution in [0, 0.1) is 5.21 Å². The Morgan fingerprint density at radius 2 is 1.69 bits per heavy atom. The third-order valence-electron chi connectivity index (χ3n) is 5.98. The third-order valence-corrected chi connectivity index (χ3v) is 6.63. The van der Waals surface area contributed by atoms with Gasteiger partial charge in [-0.2, -0.15) is 4.73 Å². The number of nitrogens with one attached hydrogen (secondary N) is 1. The Bertz CT molecular complexity index is 1460. The van der Waals surface area contributed by atoms with Crippen LogP contribution in [0.5, 0.6) is 17.2 Å². The molecule has 2 N–H and O–H groups in total. The maximum absolute atomic E-state index is 13.3. The van der Waals surface area contributed by atoms with E-state index in [1.165, 1.54) is 26.6 Å². The fourth-order valence-corrected chi connectivity index (χ4v) is 4.62. The number of nitrogens with zero attached hydrogens (tertiary/aromatic N) is 1. The van der Waals surface area contributed by atoms with Crippen LogP contribution in [0.2, 0.25) is 10.0 Å². The first-order chi connectivity index (χ1) is 18.8. The number of anilines is 1. The van der Waals surface area contributed by atoms with Crippen molar-refractivity contribution in [1.82, 2.24) is 0 Å². The smallest absolute Gasteiger partial charge is 0.338 e. The highest BCUT2D eigenvalue weighted by Gasteiger charge is 2.24. The van der Waals surface area contributed by atoms with Crippen molar-refractivity contribution >= 4 is 34.9 Å². The molecule has 8 nitrogen and oxygen atoms in total. The second-order valence-electron chi connectivity index (χ2n) is 8.61. The molecule has 4 aromatic rings. The van der Waals surface area contributed by atoms with Gasteiger partial charge in [0, 0.05) is 30.3 Å². The van der Waals surface area contributed by atoms with Crippen LogP contribution in [0.4, 0.5) is 5.69 Å². The molecule has 1 aromatic heterocycles. The van der Waals surface area contributed by atoms with Crippen molar-refractivity contribution in [3.05, 3.63) is 117 Å². The summed E-state index contributed by atoms with van der Waals surface area (Å²) in [6, 6.07) is 19.0. The Hall–Kier alpha value is -4.14. The second kappa shape index (κ2) is 12.6. The normalized spacial score (nSPS) is 11.5. The quantitative estimate of drug-likeness (QED) is 0.135. The number of rotatable bonds is 10. The number of pyridine rings is 1. The van der Waals surface area contributed by atoms with E-state index in [1.807, 2.05) is 12.1 Å². The zero-order valence-corrected chi connectivity index (χ0v) is 22.7. The molecule has 202 valence electrons. The molecule has 1 unspecified atom stereocenters. The molecule has 1 atom stereocenters. The van der Waals surface area contributed by atoms with Crippen LogP contribution >= 0.6 is 23.2 Å². The largest absolute Gasteiger partial charge is 0.619 e. The molecule has 0 saturated carbocycles. The summed E-state index contributed by atoms with van der Waals surface area (Å²) >= 11 is 12.7. The molecule has 0 spiro atoms. The van der Waals surface area contributed by atoms with Crippen molar-refractivity contribution in [3.8, 4) is 17.2 Å². The van der Waals surface area contributed by atoms with Crippen LogP contribution in [0.15, 0.2) is 79.1 Å². The van der Waals surface area contributed by atoms with Crippen LogP contribution in [-0.4, -0.2) is 25.3 Å². The first kappa shape index (κ1) is 27.9. The molecule has 0 aliphatic carbocycles. The fraction of sp³-hybridized carbons (Fsp3) is 0.172. The van der Waals surface area contributed by atoms with E-state index in [2.05, 4.69) is 5.32 Å². The lowest BCUT2D eigenvalue weighted by Crippen LogP contribution is -2.25. The number of aromatic nitrogens is 1. The van der Waals surface area contributed by atoms with E-state index in [0.717, 1.165) is 11.3 Å². The summed E-state index contributed by atoms with van der Waals surface area (Å²) in [5.74, 6) is 0.568. The number of carbonyl (C=O) groups is 1. The van der Waals surface area contributed by atoms with Crippen LogP contribution in [0.25, 0.3) is 0 Å². The van der Waals surface area contributed by atoms with Gasteiger partial charge in [0.15, 0.2) is 23.9 Å². The van der Waals surface area contributed by atoms with Gasteiger partial charge in [0.1, 0.15) is 21.9 Å². The second-order valence-corrected chi connectivity index (χ2v) is 9.42. The summed E-state index contributed by atoms with van der Waals surface area (Å²) in [5, 5.41) is 24.9. The predicted molar refractivity (Wildman–Crippen MR) is 149 cm³/mol. The number of phenolic OH excluding ortho intramolecular Hbond substituents is 1. The maximum Gasteiger partial charge on any atom is 0.338 e. The molecule has 4 rings (SSSR count). The van der Waals surface area contributed by atoms with Gasteiger partial charge >= 0.3 is 5.97 Å². The highest BCUT2D eigenvalue weighted by atomic mass is 35.5. The van der Waals surface area contributed by atoms with E-state index in [9.17, 15) is 15.1 Å². The Morgan fingerprint density at radius 1 is 0.974 bits per heavy atom. The summed E-state index contributed by atoms with van der Waals surface area (Å²) in [6.07, 6.45) is 1.68. The van der Waals surface area contributed by atoms with Crippen molar-refractivity contribution in [1.29, 1.82) is 0 Å². The summed E-state index contributed by atoms with van der Waals surface area (Å²) in [5.41, 5.74) is 3.01. The van der Waals surface area contributed by atoms with Gasteiger partial charge in [0.2, 0.25) is 0 Å². The zero-order chi connectivity index (χ0) is 27.9. The monoisotopic (exact) mass is 568 g/mol. The standard InChI is InChI=1S/C29H26Cl2N2O6/c1-37-26-10-9-19(12-28(26)38-2)27(14-23-24(30)16-33(36)17-25(23)31)39-29(35)20-6-3-5-18(11-20)15-32-21-7-4-8-22(34)13-21/h3-13,16-17,27,32,34H,14-15H2,1-2H3. The van der Waals surface area contributed by atoms with Gasteiger partial charge in [-0.3, -0.25) is 0 Å². The van der Waals surface area contributed by atoms with E-state index < -0.39 is 12.1 Å². The van der Waals surface area contributed by atoms with Crippen LogP contribution < -0.4 is 19.5 Å². The number of aromatic hydroxyl groups is 1. The molecule has 0 aliphatic rings. The average molecular weight is 569 g/mol. The summed E-state index contributed by atoms with van der Waals surface area (Å²) in [6.45, 7) is 0.425. The number of benzene rings is 3. The topological polar surface area (TPSA) is 104 Å². The number of halogens is 2. The van der Waals surface area contributed by atoms with Gasteiger partial charge in [-0.15, -0.1) is 0 Å². The Morgan fingerprint density at radius 3 is 2.38 bits per heavy atom. The van der Waals surface area contributed by atoms with Crippen LogP contribution in [0.3, 0.4) is 0 Å². The molecule has 0 fully saturated rings. The summed E-state index contributed by atoms with van der Waals surface area (Å²) in [7, 11) is 3.04. The molecule has 10 heteroatoms. The number of methoxy groups -OCH3 is 2. The van der Waals surface area contributed by atoms with E-state index in [4.69, 9.17) is 37.4 Å². The number of esters is 1. The lowest BCUT2D eigenvalue weighted by atomic mass is 10.0. The summed E-state index contributed by atoms with van der Waals surface area (Å²) in [4.78, 5) is 13.3. The van der Waals surface area contributed by atoms with Gasteiger partial charge in [-0.05, 0) is 47.5 Å². The molecule has 39 heavy (non-hydrogen) atoms. The van der Waals surface area contributed by atoms with Crippen LogP contribution in [0.1, 0.15) is 33.2 Å². The Balaban J connectivity index is 1.60. The molecule has 3 aromatic carbocycles. The Labute approximate surface area is 235 Å². The zero-order valence-electron chi connectivity index (χ0n) is 21.2. The first-order valence-electron chi connectivity index (χ1n) is 11.9. The number of hydrogen-bond donors (Lipinski definition) is 2. The SMILES string of the molecule is COc1ccc(C(Cc2c(Cl)c[n+]([O-])cc2Cl)OC(=O)c2cccc(CNc3cccc(O)c3)c2)cc1OC. The molecular weight excluding hydrogens is 543 g/mol. The van der Waals surface area contributed by atoms with Crippen molar-refractivity contribution in [2.45, 2.75) is 19.1 Å².